The molecule has 5 heteroatoms. The topological polar surface area (TPSA) is 74.7 Å². The van der Waals surface area contributed by atoms with Crippen LogP contribution in [0.5, 0.6) is 0 Å². The van der Waals surface area contributed by atoms with Crippen molar-refractivity contribution >= 4 is 27.7 Å². The molecule has 2 rings (SSSR count). The minimum absolute atomic E-state index is 0.587. The fourth-order valence-electron chi connectivity index (χ4n) is 1.12. The number of nitriles is 1. The van der Waals surface area contributed by atoms with Crippen LogP contribution in [-0.2, 0) is 0 Å². The van der Waals surface area contributed by atoms with Gasteiger partial charge in [-0.15, -0.1) is 11.3 Å². The van der Waals surface area contributed by atoms with E-state index < -0.39 is 0 Å². The second kappa shape index (κ2) is 3.98. The van der Waals surface area contributed by atoms with Crippen molar-refractivity contribution in [3.8, 4) is 6.07 Å². The van der Waals surface area contributed by atoms with Crippen LogP contribution < -0.4 is 11.1 Å². The van der Waals surface area contributed by atoms with Crippen molar-refractivity contribution in [2.24, 2.45) is 0 Å². The zero-order valence-corrected chi connectivity index (χ0v) is 8.58. The lowest BCUT2D eigenvalue weighted by molar-refractivity contribution is 1.33. The third-order valence-corrected chi connectivity index (χ3v) is 2.73. The summed E-state index contributed by atoms with van der Waals surface area (Å²) in [5, 5.41) is 12.7. The van der Waals surface area contributed by atoms with E-state index in [1.165, 1.54) is 11.3 Å². The molecule has 2 heterocycles. The van der Waals surface area contributed by atoms with Crippen LogP contribution in [0.4, 0.5) is 16.4 Å². The lowest BCUT2D eigenvalue weighted by Crippen LogP contribution is -1.94. The first-order chi connectivity index (χ1) is 7.29. The first-order valence-corrected chi connectivity index (χ1v) is 5.07. The maximum absolute atomic E-state index is 8.67. The molecule has 2 aromatic rings. The molecule has 0 spiro atoms. The Morgan fingerprint density at radius 1 is 1.40 bits per heavy atom. The third-order valence-electron chi connectivity index (χ3n) is 1.83. The summed E-state index contributed by atoms with van der Waals surface area (Å²) in [6.45, 7) is 0. The van der Waals surface area contributed by atoms with Gasteiger partial charge in [0.1, 0.15) is 10.9 Å². The number of aromatic nitrogens is 1. The summed E-state index contributed by atoms with van der Waals surface area (Å²) in [6, 6.07) is 7.49. The zero-order chi connectivity index (χ0) is 10.7. The predicted octanol–water partition coefficient (Wildman–Crippen LogP) is 2.34. The van der Waals surface area contributed by atoms with Crippen molar-refractivity contribution in [1.29, 1.82) is 5.26 Å². The molecule has 15 heavy (non-hydrogen) atoms. The van der Waals surface area contributed by atoms with Crippen molar-refractivity contribution in [3.05, 3.63) is 35.5 Å². The first-order valence-electron chi connectivity index (χ1n) is 4.26. The zero-order valence-electron chi connectivity index (χ0n) is 7.77. The molecule has 0 aliphatic heterocycles. The molecule has 0 aliphatic carbocycles. The smallest absolute Gasteiger partial charge is 0.110 e. The lowest BCUT2D eigenvalue weighted by atomic mass is 10.3. The minimum atomic E-state index is 0.587. The molecule has 0 aliphatic rings. The van der Waals surface area contributed by atoms with Gasteiger partial charge >= 0.3 is 0 Å². The number of nitrogens with one attached hydrogen (secondary N) is 1. The Bertz CT molecular complexity index is 512. The SMILES string of the molecule is N#Cc1ccc(Nc2ccncc2N)s1. The van der Waals surface area contributed by atoms with E-state index in [1.807, 2.05) is 6.07 Å². The third kappa shape index (κ3) is 2.06. The molecule has 0 fully saturated rings. The standard InChI is InChI=1S/C10H8N4S/c11-5-7-1-2-10(15-7)14-9-3-4-13-6-8(9)12/h1-4,6H,12H2,(H,13,14). The van der Waals surface area contributed by atoms with Crippen LogP contribution in [0, 0.1) is 11.3 Å². The van der Waals surface area contributed by atoms with Gasteiger partial charge in [-0.05, 0) is 18.2 Å². The average molecular weight is 216 g/mol. The van der Waals surface area contributed by atoms with E-state index in [4.69, 9.17) is 11.0 Å². The van der Waals surface area contributed by atoms with Gasteiger partial charge in [0.25, 0.3) is 0 Å². The van der Waals surface area contributed by atoms with Crippen LogP contribution in [-0.4, -0.2) is 4.98 Å². The molecule has 4 nitrogen and oxygen atoms in total. The number of nitrogen functional groups attached to an aromatic ring is 1. The van der Waals surface area contributed by atoms with Gasteiger partial charge in [0.15, 0.2) is 0 Å². The molecule has 0 saturated carbocycles. The van der Waals surface area contributed by atoms with Gasteiger partial charge in [-0.2, -0.15) is 5.26 Å². The highest BCUT2D eigenvalue weighted by Gasteiger charge is 2.01. The summed E-state index contributed by atoms with van der Waals surface area (Å²) in [6.07, 6.45) is 3.25. The normalized spacial score (nSPS) is 9.53. The van der Waals surface area contributed by atoms with Crippen molar-refractivity contribution < 1.29 is 0 Å². The van der Waals surface area contributed by atoms with Gasteiger partial charge in [-0.1, -0.05) is 0 Å². The lowest BCUT2D eigenvalue weighted by Gasteiger charge is -2.05. The van der Waals surface area contributed by atoms with Crippen molar-refractivity contribution in [3.63, 3.8) is 0 Å². The van der Waals surface area contributed by atoms with E-state index in [2.05, 4.69) is 16.4 Å². The number of thiophene rings is 1. The molecule has 0 saturated heterocycles. The highest BCUT2D eigenvalue weighted by Crippen LogP contribution is 2.27. The molecule has 74 valence electrons. The molecule has 0 atom stereocenters. The Kier molecular flexibility index (Phi) is 2.52. The second-order valence-corrected chi connectivity index (χ2v) is 3.95. The first kappa shape index (κ1) is 9.49. The van der Waals surface area contributed by atoms with Crippen LogP contribution in [0.15, 0.2) is 30.6 Å². The van der Waals surface area contributed by atoms with Crippen molar-refractivity contribution in [2.75, 3.05) is 11.1 Å². The van der Waals surface area contributed by atoms with E-state index in [0.29, 0.717) is 10.6 Å². The molecule has 3 N–H and O–H groups in total. The van der Waals surface area contributed by atoms with Gasteiger partial charge in [0, 0.05) is 6.20 Å². The Labute approximate surface area is 91.0 Å². The Morgan fingerprint density at radius 2 is 2.27 bits per heavy atom. The number of hydrogen-bond acceptors (Lipinski definition) is 5. The van der Waals surface area contributed by atoms with Gasteiger partial charge < -0.3 is 11.1 Å². The molecule has 0 aromatic carbocycles. The van der Waals surface area contributed by atoms with Gasteiger partial charge in [-0.3, -0.25) is 4.98 Å². The summed E-state index contributed by atoms with van der Waals surface area (Å²) in [4.78, 5) is 4.57. The highest BCUT2D eigenvalue weighted by atomic mass is 32.1. The van der Waals surface area contributed by atoms with E-state index in [-0.39, 0.29) is 0 Å². The van der Waals surface area contributed by atoms with Gasteiger partial charge in [-0.25, -0.2) is 0 Å². The van der Waals surface area contributed by atoms with Crippen molar-refractivity contribution in [2.45, 2.75) is 0 Å². The summed E-state index contributed by atoms with van der Waals surface area (Å²) in [5.41, 5.74) is 7.11. The van der Waals surface area contributed by atoms with Crippen LogP contribution in [0.25, 0.3) is 0 Å². The predicted molar refractivity (Wildman–Crippen MR) is 61.0 cm³/mol. The maximum Gasteiger partial charge on any atom is 0.110 e. The Morgan fingerprint density at radius 3 is 2.93 bits per heavy atom. The van der Waals surface area contributed by atoms with Crippen LogP contribution in [0.2, 0.25) is 0 Å². The second-order valence-electron chi connectivity index (χ2n) is 2.86. The molecule has 0 amide bonds. The molecular formula is C10H8N4S. The van der Waals surface area contributed by atoms with Gasteiger partial charge in [0.2, 0.25) is 0 Å². The fraction of sp³-hybridized carbons (Fsp3) is 0. The van der Waals surface area contributed by atoms with Gasteiger partial charge in [0.05, 0.1) is 22.6 Å². The number of pyridine rings is 1. The number of nitrogens with zero attached hydrogens (tertiary/aromatic N) is 2. The largest absolute Gasteiger partial charge is 0.396 e. The summed E-state index contributed by atoms with van der Waals surface area (Å²) in [5.74, 6) is 0. The molecule has 0 radical (unpaired) electrons. The summed E-state index contributed by atoms with van der Waals surface area (Å²) < 4.78 is 0. The maximum atomic E-state index is 8.67. The average Bonchev–Trinajstić information content (AvgIpc) is 2.69. The number of hydrogen-bond donors (Lipinski definition) is 2. The molecule has 0 unspecified atom stereocenters. The van der Waals surface area contributed by atoms with Crippen LogP contribution in [0.1, 0.15) is 4.88 Å². The van der Waals surface area contributed by atoms with Crippen LogP contribution in [0.3, 0.4) is 0 Å². The van der Waals surface area contributed by atoms with E-state index >= 15 is 0 Å². The monoisotopic (exact) mass is 216 g/mol. The van der Waals surface area contributed by atoms with E-state index in [0.717, 1.165) is 10.7 Å². The minimum Gasteiger partial charge on any atom is -0.396 e. The quantitative estimate of drug-likeness (QED) is 0.808. The van der Waals surface area contributed by atoms with E-state index in [9.17, 15) is 0 Å². The highest BCUT2D eigenvalue weighted by molar-refractivity contribution is 7.16. The van der Waals surface area contributed by atoms with E-state index in [1.54, 1.807) is 24.5 Å². The number of rotatable bonds is 2. The summed E-state index contributed by atoms with van der Waals surface area (Å²) in [7, 11) is 0. The summed E-state index contributed by atoms with van der Waals surface area (Å²) >= 11 is 1.39. The Hall–Kier alpha value is -2.06. The fourth-order valence-corrected chi connectivity index (χ4v) is 1.83. The molecule has 0 bridgehead atoms. The molecule has 2 aromatic heterocycles. The van der Waals surface area contributed by atoms with Crippen LogP contribution >= 0.6 is 11.3 Å². The van der Waals surface area contributed by atoms with Crippen molar-refractivity contribution in [1.82, 2.24) is 4.98 Å². The molecular weight excluding hydrogens is 208 g/mol. The number of nitrogens with two attached hydrogens (primary N) is 1. The number of anilines is 3. The Balaban J connectivity index is 2.23.